The van der Waals surface area contributed by atoms with Gasteiger partial charge in [0.25, 0.3) is 0 Å². The van der Waals surface area contributed by atoms with E-state index >= 15 is 0 Å². The highest BCUT2D eigenvalue weighted by molar-refractivity contribution is 6.28. The van der Waals surface area contributed by atoms with Gasteiger partial charge in [-0.25, -0.2) is 9.97 Å². The first-order chi connectivity index (χ1) is 7.28. The zero-order valence-corrected chi connectivity index (χ0v) is 10.8. The predicted octanol–water partition coefficient (Wildman–Crippen LogP) is 2.34. The fraction of sp³-hybridized carbons (Fsp3) is 0.500. The number of rotatable bonds is 1. The number of nitrogens with two attached hydrogens (primary N) is 1. The van der Waals surface area contributed by atoms with Crippen molar-refractivity contribution in [2.24, 2.45) is 5.73 Å². The van der Waals surface area contributed by atoms with Crippen molar-refractivity contribution in [3.05, 3.63) is 22.7 Å². The van der Waals surface area contributed by atoms with Crippen molar-refractivity contribution < 1.29 is 0 Å². The summed E-state index contributed by atoms with van der Waals surface area (Å²) in [6.07, 6.45) is 0. The highest BCUT2D eigenvalue weighted by atomic mass is 35.5. The second-order valence-corrected chi connectivity index (χ2v) is 4.91. The lowest BCUT2D eigenvalue weighted by atomic mass is 10.1. The first kappa shape index (κ1) is 13.0. The normalized spacial score (nSPS) is 11.2. The molecule has 1 aromatic rings. The molecule has 86 valence electrons. The number of nitrogens with zero attached hydrogens (tertiary/aromatic N) is 2. The standard InChI is InChI=1S/C12H16ClN3/c1-8(2)10-7-9(15-11(13)16-10)5-6-12(3,4)14/h7-8H,14H2,1-4H3. The molecule has 1 aromatic heterocycles. The molecule has 0 unspecified atom stereocenters. The third-order valence-electron chi connectivity index (χ3n) is 1.82. The molecule has 1 heterocycles. The summed E-state index contributed by atoms with van der Waals surface area (Å²) in [5.41, 5.74) is 6.74. The summed E-state index contributed by atoms with van der Waals surface area (Å²) in [4.78, 5) is 8.18. The van der Waals surface area contributed by atoms with Crippen LogP contribution in [-0.4, -0.2) is 15.5 Å². The van der Waals surface area contributed by atoms with Gasteiger partial charge in [-0.15, -0.1) is 0 Å². The molecule has 0 bridgehead atoms. The van der Waals surface area contributed by atoms with Gasteiger partial charge >= 0.3 is 0 Å². The topological polar surface area (TPSA) is 51.8 Å². The van der Waals surface area contributed by atoms with E-state index in [-0.39, 0.29) is 5.28 Å². The van der Waals surface area contributed by atoms with E-state index in [2.05, 4.69) is 21.8 Å². The lowest BCUT2D eigenvalue weighted by Crippen LogP contribution is -2.29. The molecule has 2 N–H and O–H groups in total. The molecule has 0 saturated heterocycles. The lowest BCUT2D eigenvalue weighted by molar-refractivity contribution is 0.680. The molecule has 0 aromatic carbocycles. The monoisotopic (exact) mass is 237 g/mol. The molecule has 0 saturated carbocycles. The van der Waals surface area contributed by atoms with Crippen molar-refractivity contribution in [2.75, 3.05) is 0 Å². The third-order valence-corrected chi connectivity index (χ3v) is 1.99. The summed E-state index contributed by atoms with van der Waals surface area (Å²) in [5, 5.41) is 0.227. The van der Waals surface area contributed by atoms with Gasteiger partial charge in [-0.2, -0.15) is 0 Å². The van der Waals surface area contributed by atoms with E-state index in [4.69, 9.17) is 17.3 Å². The highest BCUT2D eigenvalue weighted by Crippen LogP contribution is 2.14. The SMILES string of the molecule is CC(C)c1cc(C#CC(C)(C)N)nc(Cl)n1. The average Bonchev–Trinajstić information content (AvgIpc) is 2.13. The zero-order valence-electron chi connectivity index (χ0n) is 10.0. The Balaban J connectivity index is 3.09. The quantitative estimate of drug-likeness (QED) is 0.603. The van der Waals surface area contributed by atoms with Crippen LogP contribution in [0.15, 0.2) is 6.07 Å². The van der Waals surface area contributed by atoms with Crippen molar-refractivity contribution in [1.29, 1.82) is 0 Å². The minimum Gasteiger partial charge on any atom is -0.316 e. The summed E-state index contributed by atoms with van der Waals surface area (Å²) in [6.45, 7) is 7.77. The van der Waals surface area contributed by atoms with Gasteiger partial charge in [0.05, 0.1) is 5.54 Å². The molecule has 0 aliphatic carbocycles. The van der Waals surface area contributed by atoms with Crippen LogP contribution in [0.1, 0.15) is 45.0 Å². The van der Waals surface area contributed by atoms with Crippen LogP contribution in [0.5, 0.6) is 0 Å². The smallest absolute Gasteiger partial charge is 0.223 e. The van der Waals surface area contributed by atoms with Gasteiger partial charge in [-0.1, -0.05) is 19.8 Å². The van der Waals surface area contributed by atoms with E-state index in [1.165, 1.54) is 0 Å². The maximum Gasteiger partial charge on any atom is 0.223 e. The molecular weight excluding hydrogens is 222 g/mol. The number of halogens is 1. The molecule has 0 fully saturated rings. The van der Waals surface area contributed by atoms with Gasteiger partial charge in [-0.05, 0) is 43.4 Å². The van der Waals surface area contributed by atoms with Crippen molar-refractivity contribution in [3.63, 3.8) is 0 Å². The molecule has 0 aliphatic rings. The van der Waals surface area contributed by atoms with Crippen molar-refractivity contribution in [1.82, 2.24) is 9.97 Å². The van der Waals surface area contributed by atoms with Gasteiger partial charge in [0, 0.05) is 5.69 Å². The van der Waals surface area contributed by atoms with E-state index < -0.39 is 5.54 Å². The largest absolute Gasteiger partial charge is 0.316 e. The fourth-order valence-corrected chi connectivity index (χ4v) is 1.21. The summed E-state index contributed by atoms with van der Waals surface area (Å²) in [7, 11) is 0. The molecule has 0 spiro atoms. The van der Waals surface area contributed by atoms with Crippen LogP contribution in [0.2, 0.25) is 5.28 Å². The summed E-state index contributed by atoms with van der Waals surface area (Å²) in [6, 6.07) is 1.84. The Bertz CT molecular complexity index is 436. The Morgan fingerprint density at radius 1 is 1.38 bits per heavy atom. The van der Waals surface area contributed by atoms with Crippen LogP contribution in [0.25, 0.3) is 0 Å². The average molecular weight is 238 g/mol. The van der Waals surface area contributed by atoms with Crippen LogP contribution >= 0.6 is 11.6 Å². The molecule has 0 amide bonds. The Hall–Kier alpha value is -1.11. The second-order valence-electron chi connectivity index (χ2n) is 4.57. The van der Waals surface area contributed by atoms with Crippen LogP contribution in [0.4, 0.5) is 0 Å². The number of hydrogen-bond acceptors (Lipinski definition) is 3. The molecule has 0 radical (unpaired) electrons. The van der Waals surface area contributed by atoms with E-state index in [9.17, 15) is 0 Å². The third kappa shape index (κ3) is 4.18. The molecule has 16 heavy (non-hydrogen) atoms. The molecule has 0 aliphatic heterocycles. The summed E-state index contributed by atoms with van der Waals surface area (Å²) < 4.78 is 0. The Kier molecular flexibility index (Phi) is 3.90. The van der Waals surface area contributed by atoms with Crippen LogP contribution in [-0.2, 0) is 0 Å². The van der Waals surface area contributed by atoms with Crippen molar-refractivity contribution in [2.45, 2.75) is 39.2 Å². The minimum atomic E-state index is -0.532. The molecule has 0 atom stereocenters. The summed E-state index contributed by atoms with van der Waals surface area (Å²) in [5.74, 6) is 6.12. The maximum atomic E-state index is 5.82. The van der Waals surface area contributed by atoms with Crippen LogP contribution in [0.3, 0.4) is 0 Å². The van der Waals surface area contributed by atoms with Gasteiger partial charge in [-0.3, -0.25) is 0 Å². The van der Waals surface area contributed by atoms with Gasteiger partial charge in [0.2, 0.25) is 5.28 Å². The first-order valence-corrected chi connectivity index (χ1v) is 5.52. The molecule has 4 heteroatoms. The minimum absolute atomic E-state index is 0.227. The molecule has 3 nitrogen and oxygen atoms in total. The van der Waals surface area contributed by atoms with Crippen molar-refractivity contribution in [3.8, 4) is 11.8 Å². The zero-order chi connectivity index (χ0) is 12.3. The van der Waals surface area contributed by atoms with Gasteiger partial charge in [0.15, 0.2) is 0 Å². The van der Waals surface area contributed by atoms with E-state index in [1.807, 2.05) is 33.8 Å². The fourth-order valence-electron chi connectivity index (χ4n) is 1.02. The summed E-state index contributed by atoms with van der Waals surface area (Å²) >= 11 is 5.82. The maximum absolute atomic E-state index is 5.82. The molecular formula is C12H16ClN3. The molecule has 1 rings (SSSR count). The Morgan fingerprint density at radius 2 is 2.00 bits per heavy atom. The van der Waals surface area contributed by atoms with Crippen molar-refractivity contribution >= 4 is 11.6 Å². The van der Waals surface area contributed by atoms with E-state index in [1.54, 1.807) is 0 Å². The number of aromatic nitrogens is 2. The first-order valence-electron chi connectivity index (χ1n) is 5.14. The number of hydrogen-bond donors (Lipinski definition) is 1. The van der Waals surface area contributed by atoms with E-state index in [0.29, 0.717) is 11.6 Å². The van der Waals surface area contributed by atoms with E-state index in [0.717, 1.165) is 5.69 Å². The van der Waals surface area contributed by atoms with Crippen LogP contribution in [0, 0.1) is 11.8 Å². The predicted molar refractivity (Wildman–Crippen MR) is 66.3 cm³/mol. The highest BCUT2D eigenvalue weighted by Gasteiger charge is 2.07. The van der Waals surface area contributed by atoms with Gasteiger partial charge in [0.1, 0.15) is 5.69 Å². The Labute approximate surface area is 101 Å². The second kappa shape index (κ2) is 4.82. The lowest BCUT2D eigenvalue weighted by Gasteiger charge is -2.08. The van der Waals surface area contributed by atoms with Gasteiger partial charge < -0.3 is 5.73 Å². The Morgan fingerprint density at radius 3 is 2.50 bits per heavy atom. The van der Waals surface area contributed by atoms with Crippen LogP contribution < -0.4 is 5.73 Å².